The summed E-state index contributed by atoms with van der Waals surface area (Å²) in [6, 6.07) is 13.3. The molecule has 1 atom stereocenters. The van der Waals surface area contributed by atoms with E-state index in [1.54, 1.807) is 6.20 Å². The van der Waals surface area contributed by atoms with Crippen molar-refractivity contribution in [1.29, 1.82) is 0 Å². The third kappa shape index (κ3) is 3.74. The van der Waals surface area contributed by atoms with Crippen molar-refractivity contribution in [2.24, 2.45) is 0 Å². The van der Waals surface area contributed by atoms with Crippen LogP contribution >= 0.6 is 0 Å². The monoisotopic (exact) mass is 328 g/mol. The number of nitrogens with zero attached hydrogens (tertiary/aromatic N) is 2. The molecule has 0 aliphatic carbocycles. The van der Waals surface area contributed by atoms with Gasteiger partial charge in [0.15, 0.2) is 0 Å². The van der Waals surface area contributed by atoms with Crippen LogP contribution in [0.2, 0.25) is 0 Å². The van der Waals surface area contributed by atoms with Crippen molar-refractivity contribution in [3.63, 3.8) is 0 Å². The predicted octanol–water partition coefficient (Wildman–Crippen LogP) is 3.64. The molecule has 2 aromatic carbocycles. The van der Waals surface area contributed by atoms with Crippen molar-refractivity contribution in [1.82, 2.24) is 9.55 Å². The van der Waals surface area contributed by atoms with Crippen LogP contribution < -0.4 is 0 Å². The van der Waals surface area contributed by atoms with E-state index in [2.05, 4.69) is 16.5 Å². The highest BCUT2D eigenvalue weighted by Gasteiger charge is 2.19. The number of hydrogen-bond acceptors (Lipinski definition) is 1. The lowest BCUT2D eigenvalue weighted by Gasteiger charge is -2.22. The van der Waals surface area contributed by atoms with Crippen molar-refractivity contribution >= 4 is 9.52 Å². The summed E-state index contributed by atoms with van der Waals surface area (Å²) in [5, 5.41) is 0. The van der Waals surface area contributed by atoms with Crippen LogP contribution in [0.4, 0.5) is 8.78 Å². The van der Waals surface area contributed by atoms with E-state index < -0.39 is 9.52 Å². The first-order chi connectivity index (χ1) is 11.1. The quantitative estimate of drug-likeness (QED) is 0.654. The zero-order valence-electron chi connectivity index (χ0n) is 12.9. The Kier molecular flexibility index (Phi) is 4.67. The van der Waals surface area contributed by atoms with Crippen LogP contribution in [0.5, 0.6) is 0 Å². The molecule has 5 heteroatoms. The molecule has 1 aromatic heterocycles. The molecule has 0 aliphatic heterocycles. The number of aromatic nitrogens is 2. The lowest BCUT2D eigenvalue weighted by atomic mass is 10.0. The zero-order chi connectivity index (χ0) is 16.2. The maximum absolute atomic E-state index is 13.2. The summed E-state index contributed by atoms with van der Waals surface area (Å²) >= 11 is 0. The molecule has 0 radical (unpaired) electrons. The van der Waals surface area contributed by atoms with Gasteiger partial charge in [-0.15, -0.1) is 0 Å². The van der Waals surface area contributed by atoms with E-state index in [0.29, 0.717) is 5.67 Å². The second kappa shape index (κ2) is 6.87. The second-order valence-electron chi connectivity index (χ2n) is 5.75. The van der Waals surface area contributed by atoms with Gasteiger partial charge in [-0.1, -0.05) is 24.3 Å². The summed E-state index contributed by atoms with van der Waals surface area (Å²) in [6.45, 7) is 2.17. The number of hydrogen-bond donors (Lipinski definition) is 0. The molecule has 0 N–H and O–H groups in total. The van der Waals surface area contributed by atoms with Gasteiger partial charge in [-0.3, -0.25) is 0 Å². The Labute approximate surface area is 136 Å². The van der Waals surface area contributed by atoms with E-state index in [1.807, 2.05) is 36.8 Å². The Morgan fingerprint density at radius 3 is 1.87 bits per heavy atom. The van der Waals surface area contributed by atoms with Crippen LogP contribution in [-0.2, 0) is 0 Å². The molecular weight excluding hydrogens is 310 g/mol. The third-order valence-corrected chi connectivity index (χ3v) is 6.67. The summed E-state index contributed by atoms with van der Waals surface area (Å²) in [5.74, 6) is -0.480. The molecule has 0 fully saturated rings. The topological polar surface area (TPSA) is 17.8 Å². The van der Waals surface area contributed by atoms with E-state index in [0.717, 1.165) is 11.1 Å². The molecule has 1 unspecified atom stereocenters. The van der Waals surface area contributed by atoms with Crippen molar-refractivity contribution < 1.29 is 8.78 Å². The first kappa shape index (κ1) is 15.6. The van der Waals surface area contributed by atoms with Crippen LogP contribution in [0, 0.1) is 11.6 Å². The van der Waals surface area contributed by atoms with Crippen LogP contribution in [0.3, 0.4) is 0 Å². The lowest BCUT2D eigenvalue weighted by molar-refractivity contribution is 0.626. The standard InChI is InChI=1S/C18H18F2N2Si/c1-13(22-11-10-21-12-22)23-18(14-2-6-16(19)7-3-14)15-4-8-17(20)9-5-15/h2-13,18H,23H2,1H3. The molecule has 3 aromatic rings. The minimum Gasteiger partial charge on any atom is -0.338 e. The van der Waals surface area contributed by atoms with Gasteiger partial charge in [-0.25, -0.2) is 13.8 Å². The SMILES string of the molecule is CC([SiH2]C(c1ccc(F)cc1)c1ccc(F)cc1)n1ccnc1. The van der Waals surface area contributed by atoms with Crippen molar-refractivity contribution in [2.75, 3.05) is 0 Å². The van der Waals surface area contributed by atoms with Crippen molar-refractivity contribution in [3.05, 3.63) is 90.0 Å². The Balaban J connectivity index is 1.92. The first-order valence-corrected chi connectivity index (χ1v) is 9.25. The Morgan fingerprint density at radius 2 is 1.43 bits per heavy atom. The predicted molar refractivity (Wildman–Crippen MR) is 90.1 cm³/mol. The average molecular weight is 328 g/mol. The summed E-state index contributed by atoms with van der Waals surface area (Å²) < 4.78 is 28.6. The minimum absolute atomic E-state index is 0.202. The zero-order valence-corrected chi connectivity index (χ0v) is 14.3. The van der Waals surface area contributed by atoms with E-state index in [4.69, 9.17) is 0 Å². The van der Waals surface area contributed by atoms with Gasteiger partial charge in [0.25, 0.3) is 0 Å². The summed E-state index contributed by atoms with van der Waals surface area (Å²) in [4.78, 5) is 4.11. The van der Waals surface area contributed by atoms with Gasteiger partial charge in [-0.2, -0.15) is 0 Å². The average Bonchev–Trinajstić information content (AvgIpc) is 3.09. The van der Waals surface area contributed by atoms with Crippen LogP contribution in [0.25, 0.3) is 0 Å². The Bertz CT molecular complexity index is 694. The highest BCUT2D eigenvalue weighted by atomic mass is 28.2. The van der Waals surface area contributed by atoms with Gasteiger partial charge in [0.05, 0.1) is 15.8 Å². The maximum Gasteiger partial charge on any atom is 0.123 e. The molecule has 1 heterocycles. The Morgan fingerprint density at radius 1 is 0.913 bits per heavy atom. The highest BCUT2D eigenvalue weighted by molar-refractivity contribution is 6.40. The second-order valence-corrected chi connectivity index (χ2v) is 8.22. The van der Waals surface area contributed by atoms with Crippen LogP contribution in [-0.4, -0.2) is 19.1 Å². The fourth-order valence-electron chi connectivity index (χ4n) is 2.85. The van der Waals surface area contributed by atoms with Gasteiger partial charge >= 0.3 is 0 Å². The first-order valence-electron chi connectivity index (χ1n) is 7.62. The maximum atomic E-state index is 13.2. The molecule has 0 saturated carbocycles. The lowest BCUT2D eigenvalue weighted by Crippen LogP contribution is -2.20. The van der Waals surface area contributed by atoms with Gasteiger partial charge in [0, 0.05) is 18.1 Å². The normalized spacial score (nSPS) is 13.0. The third-order valence-electron chi connectivity index (χ3n) is 4.16. The minimum atomic E-state index is -0.662. The largest absolute Gasteiger partial charge is 0.338 e. The van der Waals surface area contributed by atoms with E-state index in [1.165, 1.54) is 24.3 Å². The summed E-state index contributed by atoms with van der Waals surface area (Å²) in [5.41, 5.74) is 2.72. The molecule has 23 heavy (non-hydrogen) atoms. The molecular formula is C18H18F2N2Si. The summed E-state index contributed by atoms with van der Waals surface area (Å²) in [6.07, 6.45) is 5.56. The van der Waals surface area contributed by atoms with Gasteiger partial charge < -0.3 is 4.57 Å². The van der Waals surface area contributed by atoms with E-state index in [-0.39, 0.29) is 17.2 Å². The highest BCUT2D eigenvalue weighted by Crippen LogP contribution is 2.27. The molecule has 0 saturated heterocycles. The number of rotatable bonds is 5. The number of halogens is 2. The molecule has 2 nitrogen and oxygen atoms in total. The van der Waals surface area contributed by atoms with E-state index in [9.17, 15) is 8.78 Å². The van der Waals surface area contributed by atoms with Gasteiger partial charge in [-0.05, 0) is 47.9 Å². The van der Waals surface area contributed by atoms with Crippen molar-refractivity contribution in [3.8, 4) is 0 Å². The molecule has 3 rings (SSSR count). The number of imidazole rings is 1. The van der Waals surface area contributed by atoms with Crippen LogP contribution in [0.1, 0.15) is 29.3 Å². The molecule has 0 spiro atoms. The van der Waals surface area contributed by atoms with Gasteiger partial charge in [0.1, 0.15) is 11.6 Å². The molecule has 0 bridgehead atoms. The number of benzene rings is 2. The van der Waals surface area contributed by atoms with Gasteiger partial charge in [0.2, 0.25) is 0 Å². The molecule has 0 amide bonds. The molecule has 0 aliphatic rings. The van der Waals surface area contributed by atoms with E-state index >= 15 is 0 Å². The fourth-order valence-corrected chi connectivity index (χ4v) is 5.08. The fraction of sp³-hybridized carbons (Fsp3) is 0.167. The van der Waals surface area contributed by atoms with Crippen molar-refractivity contribution in [2.45, 2.75) is 18.1 Å². The molecule has 118 valence electrons. The summed E-state index contributed by atoms with van der Waals surface area (Å²) in [7, 11) is -0.662. The Hall–Kier alpha value is -2.27. The van der Waals surface area contributed by atoms with Crippen LogP contribution in [0.15, 0.2) is 67.3 Å². The smallest absolute Gasteiger partial charge is 0.123 e.